The fourth-order valence-corrected chi connectivity index (χ4v) is 6.04. The summed E-state index contributed by atoms with van der Waals surface area (Å²) in [5.41, 5.74) is 0.568. The fraction of sp³-hybridized carbons (Fsp3) is 0.571. The molecule has 0 radical (unpaired) electrons. The molecular formula is C21H27F4N5O4S. The number of aliphatic carboxylic acids is 1. The van der Waals surface area contributed by atoms with Crippen LogP contribution < -0.4 is 0 Å². The molecule has 194 valence electrons. The van der Waals surface area contributed by atoms with E-state index >= 15 is 0 Å². The Kier molecular flexibility index (Phi) is 7.86. The Hall–Kier alpha value is -2.58. The van der Waals surface area contributed by atoms with Crippen LogP contribution in [-0.2, 0) is 26.9 Å². The van der Waals surface area contributed by atoms with Crippen LogP contribution in [0.3, 0.4) is 0 Å². The number of hydrogen-bond donors (Lipinski definition) is 1. The number of aromatic nitrogens is 3. The van der Waals surface area contributed by atoms with Gasteiger partial charge in [-0.1, -0.05) is 6.92 Å². The predicted molar refractivity (Wildman–Crippen MR) is 118 cm³/mol. The number of carbonyl (C=O) groups is 1. The molecule has 14 heteroatoms. The quantitative estimate of drug-likeness (QED) is 0.617. The van der Waals surface area contributed by atoms with Gasteiger partial charge in [-0.15, -0.1) is 10.2 Å². The minimum Gasteiger partial charge on any atom is -0.475 e. The zero-order valence-electron chi connectivity index (χ0n) is 19.3. The standard InChI is InChI=1S/C19H26FN5O2S.C2HF3O2/c1-3-12-28(26,27)24-10-8-19(9-11-24)14-23(2)13-17-21-22-18(25(17)19)15-4-6-16(20)7-5-15;3-2(4,5)1(6)7/h4-7H,3,8-14H2,1-2H3;(H,6,7). The van der Waals surface area contributed by atoms with Crippen LogP contribution in [0.4, 0.5) is 17.6 Å². The van der Waals surface area contributed by atoms with E-state index in [4.69, 9.17) is 9.90 Å². The highest BCUT2D eigenvalue weighted by Crippen LogP contribution is 2.39. The van der Waals surface area contributed by atoms with Crippen LogP contribution in [0.5, 0.6) is 0 Å². The molecule has 1 N–H and O–H groups in total. The first kappa shape index (κ1) is 27.0. The molecule has 0 amide bonds. The molecule has 1 fully saturated rings. The number of carboxylic acid groups (broad SMARTS) is 1. The minimum absolute atomic E-state index is 0.193. The second-order valence-corrected chi connectivity index (χ2v) is 10.8. The molecule has 0 saturated carbocycles. The molecule has 0 atom stereocenters. The lowest BCUT2D eigenvalue weighted by molar-refractivity contribution is -0.192. The lowest BCUT2D eigenvalue weighted by Crippen LogP contribution is -2.56. The SMILES string of the molecule is CCCS(=O)(=O)N1CCC2(CC1)CN(C)Cc1nnc(-c3ccc(F)cc3)n12.O=C(O)C(F)(F)F. The van der Waals surface area contributed by atoms with Crippen molar-refractivity contribution in [3.8, 4) is 11.4 Å². The van der Waals surface area contributed by atoms with E-state index in [-0.39, 0.29) is 17.1 Å². The molecule has 9 nitrogen and oxygen atoms in total. The first-order valence-corrected chi connectivity index (χ1v) is 12.6. The Morgan fingerprint density at radius 2 is 1.71 bits per heavy atom. The Bertz CT molecular complexity index is 1140. The summed E-state index contributed by atoms with van der Waals surface area (Å²) in [4.78, 5) is 11.1. The summed E-state index contributed by atoms with van der Waals surface area (Å²) >= 11 is 0. The molecule has 0 unspecified atom stereocenters. The van der Waals surface area contributed by atoms with E-state index in [9.17, 15) is 26.0 Å². The zero-order valence-corrected chi connectivity index (χ0v) is 20.1. The van der Waals surface area contributed by atoms with Crippen LogP contribution in [-0.4, -0.2) is 82.1 Å². The van der Waals surface area contributed by atoms with Gasteiger partial charge in [0, 0.05) is 25.2 Å². The van der Waals surface area contributed by atoms with Gasteiger partial charge in [-0.25, -0.2) is 21.9 Å². The van der Waals surface area contributed by atoms with Crippen LogP contribution >= 0.6 is 0 Å². The third-order valence-electron chi connectivity index (χ3n) is 6.03. The number of hydrogen-bond acceptors (Lipinski definition) is 6. The average molecular weight is 522 g/mol. The first-order valence-electron chi connectivity index (χ1n) is 11.0. The van der Waals surface area contributed by atoms with Crippen LogP contribution in [0.1, 0.15) is 32.0 Å². The lowest BCUT2D eigenvalue weighted by Gasteiger charge is -2.47. The highest BCUT2D eigenvalue weighted by Gasteiger charge is 2.45. The molecule has 1 aromatic heterocycles. The van der Waals surface area contributed by atoms with Crippen molar-refractivity contribution in [2.45, 2.75) is 44.4 Å². The van der Waals surface area contributed by atoms with Gasteiger partial charge in [-0.05, 0) is 50.6 Å². The number of likely N-dealkylation sites (N-methyl/N-ethyl adjacent to an activating group) is 1. The van der Waals surface area contributed by atoms with Crippen molar-refractivity contribution in [2.24, 2.45) is 0 Å². The molecule has 2 aliphatic rings. The summed E-state index contributed by atoms with van der Waals surface area (Å²) < 4.78 is 73.9. The predicted octanol–water partition coefficient (Wildman–Crippen LogP) is 2.69. The van der Waals surface area contributed by atoms with Crippen molar-refractivity contribution in [1.82, 2.24) is 24.0 Å². The first-order chi connectivity index (χ1) is 16.3. The molecule has 3 heterocycles. The number of alkyl halides is 3. The van der Waals surface area contributed by atoms with Crippen molar-refractivity contribution in [1.29, 1.82) is 0 Å². The smallest absolute Gasteiger partial charge is 0.475 e. The Morgan fingerprint density at radius 3 is 2.23 bits per heavy atom. The monoisotopic (exact) mass is 521 g/mol. The molecule has 0 bridgehead atoms. The van der Waals surface area contributed by atoms with Gasteiger partial charge in [0.1, 0.15) is 11.6 Å². The normalized spacial score (nSPS) is 18.6. The van der Waals surface area contributed by atoms with E-state index < -0.39 is 22.2 Å². The van der Waals surface area contributed by atoms with E-state index in [1.807, 2.05) is 6.92 Å². The summed E-state index contributed by atoms with van der Waals surface area (Å²) in [5, 5.41) is 15.9. The molecule has 0 aliphatic carbocycles. The molecule has 35 heavy (non-hydrogen) atoms. The maximum Gasteiger partial charge on any atom is 0.490 e. The second kappa shape index (κ2) is 10.2. The maximum absolute atomic E-state index is 13.4. The summed E-state index contributed by atoms with van der Waals surface area (Å²) in [6.45, 7) is 4.38. The number of carboxylic acids is 1. The Morgan fingerprint density at radius 1 is 1.14 bits per heavy atom. The number of halogens is 4. The fourth-order valence-electron chi connectivity index (χ4n) is 4.52. The van der Waals surface area contributed by atoms with Gasteiger partial charge in [-0.3, -0.25) is 4.90 Å². The third kappa shape index (κ3) is 5.98. The van der Waals surface area contributed by atoms with E-state index in [0.717, 1.165) is 23.8 Å². The van der Waals surface area contributed by atoms with Gasteiger partial charge in [0.2, 0.25) is 10.0 Å². The van der Waals surface area contributed by atoms with Crippen molar-refractivity contribution >= 4 is 16.0 Å². The van der Waals surface area contributed by atoms with E-state index in [1.54, 1.807) is 16.4 Å². The highest BCUT2D eigenvalue weighted by atomic mass is 32.2. The number of piperidine rings is 1. The second-order valence-electron chi connectivity index (χ2n) is 8.70. The van der Waals surface area contributed by atoms with Gasteiger partial charge in [0.05, 0.1) is 17.8 Å². The number of benzene rings is 1. The zero-order chi connectivity index (χ0) is 26.0. The number of sulfonamides is 1. The van der Waals surface area contributed by atoms with Crippen molar-refractivity contribution in [3.05, 3.63) is 35.9 Å². The molecule has 1 spiro atoms. The number of rotatable bonds is 4. The summed E-state index contributed by atoms with van der Waals surface area (Å²) in [6, 6.07) is 6.30. The largest absolute Gasteiger partial charge is 0.490 e. The number of nitrogens with zero attached hydrogens (tertiary/aromatic N) is 5. The van der Waals surface area contributed by atoms with E-state index in [2.05, 4.69) is 26.7 Å². The van der Waals surface area contributed by atoms with Gasteiger partial charge in [0.15, 0.2) is 5.82 Å². The van der Waals surface area contributed by atoms with E-state index in [0.29, 0.717) is 38.9 Å². The molecule has 2 aromatic rings. The lowest BCUT2D eigenvalue weighted by atomic mass is 9.85. The van der Waals surface area contributed by atoms with Gasteiger partial charge in [0.25, 0.3) is 0 Å². The van der Waals surface area contributed by atoms with Gasteiger partial charge < -0.3 is 9.67 Å². The van der Waals surface area contributed by atoms with E-state index in [1.165, 1.54) is 12.1 Å². The average Bonchev–Trinajstić information content (AvgIpc) is 3.19. The van der Waals surface area contributed by atoms with Crippen LogP contribution in [0, 0.1) is 5.82 Å². The molecule has 1 aromatic carbocycles. The van der Waals surface area contributed by atoms with Crippen molar-refractivity contribution in [3.63, 3.8) is 0 Å². The molecule has 2 aliphatic heterocycles. The topological polar surface area (TPSA) is 109 Å². The number of fused-ring (bicyclic) bond motifs is 2. The van der Waals surface area contributed by atoms with Gasteiger partial charge >= 0.3 is 12.1 Å². The highest BCUT2D eigenvalue weighted by molar-refractivity contribution is 7.89. The van der Waals surface area contributed by atoms with Crippen LogP contribution in [0.2, 0.25) is 0 Å². The summed E-state index contributed by atoms with van der Waals surface area (Å²) in [5.74, 6) is -1.25. The molecular weight excluding hydrogens is 494 g/mol. The van der Waals surface area contributed by atoms with Crippen LogP contribution in [0.25, 0.3) is 11.4 Å². The van der Waals surface area contributed by atoms with Crippen LogP contribution in [0.15, 0.2) is 24.3 Å². The van der Waals surface area contributed by atoms with Crippen molar-refractivity contribution in [2.75, 3.05) is 32.4 Å². The maximum atomic E-state index is 13.4. The van der Waals surface area contributed by atoms with Crippen molar-refractivity contribution < 1.29 is 35.9 Å². The molecule has 1 saturated heterocycles. The Labute approximate surface area is 200 Å². The summed E-state index contributed by atoms with van der Waals surface area (Å²) in [6.07, 6.45) is -3.05. The van der Waals surface area contributed by atoms with Gasteiger partial charge in [-0.2, -0.15) is 13.2 Å². The summed E-state index contributed by atoms with van der Waals surface area (Å²) in [7, 11) is -1.14. The Balaban J connectivity index is 0.000000429. The minimum atomic E-state index is -5.08. The third-order valence-corrected chi connectivity index (χ3v) is 8.11. The molecule has 4 rings (SSSR count).